The van der Waals surface area contributed by atoms with Gasteiger partial charge in [0, 0.05) is 44.3 Å². The molecule has 4 saturated heterocycles. The van der Waals surface area contributed by atoms with Gasteiger partial charge in [-0.2, -0.15) is 15.5 Å². The second-order valence-corrected chi connectivity index (χ2v) is 10.8. The molecule has 6 rings (SSSR count). The van der Waals surface area contributed by atoms with Crippen molar-refractivity contribution in [3.05, 3.63) is 41.2 Å². The van der Waals surface area contributed by atoms with Gasteiger partial charge in [0.15, 0.2) is 11.9 Å². The number of rotatable bonds is 4. The lowest BCUT2D eigenvalue weighted by atomic mass is 9.73. The molecule has 3 unspecified atom stereocenters. The van der Waals surface area contributed by atoms with Crippen molar-refractivity contribution in [3.8, 4) is 0 Å². The summed E-state index contributed by atoms with van der Waals surface area (Å²) in [5, 5.41) is 15.4. The third kappa shape index (κ3) is 4.78. The Morgan fingerprint density at radius 3 is 2.82 bits per heavy atom. The summed E-state index contributed by atoms with van der Waals surface area (Å²) in [4.78, 5) is 26.7. The number of aryl methyl sites for hydroxylation is 1. The number of nitrogens with two attached hydrogens (primary N) is 1. The molecule has 4 fully saturated rings. The van der Waals surface area contributed by atoms with Crippen LogP contribution in [0.15, 0.2) is 30.5 Å². The molecule has 5 atom stereocenters. The number of piperazine rings is 1. The van der Waals surface area contributed by atoms with E-state index in [1.54, 1.807) is 42.2 Å². The van der Waals surface area contributed by atoms with Gasteiger partial charge in [-0.15, -0.1) is 5.23 Å². The predicted molar refractivity (Wildman–Crippen MR) is 140 cm³/mol. The predicted octanol–water partition coefficient (Wildman–Crippen LogP) is 0.513. The van der Waals surface area contributed by atoms with Crippen molar-refractivity contribution in [2.75, 3.05) is 36.8 Å². The maximum atomic E-state index is 12.6. The highest BCUT2D eigenvalue weighted by molar-refractivity contribution is 6.36. The minimum Gasteiger partial charge on any atom is -0.376 e. The number of ether oxygens (including phenoxy) is 1. The van der Waals surface area contributed by atoms with Crippen molar-refractivity contribution < 1.29 is 19.3 Å². The van der Waals surface area contributed by atoms with Gasteiger partial charge in [-0.25, -0.2) is 4.84 Å². The van der Waals surface area contributed by atoms with Gasteiger partial charge in [0.05, 0.1) is 29.6 Å². The number of benzene rings is 1. The van der Waals surface area contributed by atoms with Crippen molar-refractivity contribution in [2.45, 2.75) is 50.5 Å². The molecule has 4 aliphatic heterocycles. The Bertz CT molecular complexity index is 1170. The molecule has 2 aromatic rings. The number of halogens is 1. The summed E-state index contributed by atoms with van der Waals surface area (Å²) in [6.45, 7) is 5.40. The Kier molecular flexibility index (Phi) is 7.05. The highest BCUT2D eigenvalue weighted by Crippen LogP contribution is 2.41. The summed E-state index contributed by atoms with van der Waals surface area (Å²) in [6.07, 6.45) is 3.27. The van der Waals surface area contributed by atoms with Crippen LogP contribution in [0.4, 0.5) is 11.4 Å². The van der Waals surface area contributed by atoms with Crippen LogP contribution < -0.4 is 32.4 Å². The molecule has 13 nitrogen and oxygen atoms in total. The van der Waals surface area contributed by atoms with Gasteiger partial charge in [-0.3, -0.25) is 25.0 Å². The van der Waals surface area contributed by atoms with Crippen LogP contribution in [-0.4, -0.2) is 77.5 Å². The number of anilines is 2. The van der Waals surface area contributed by atoms with Crippen molar-refractivity contribution in [1.82, 2.24) is 30.8 Å². The van der Waals surface area contributed by atoms with Crippen LogP contribution in [0.1, 0.15) is 30.3 Å². The van der Waals surface area contributed by atoms with E-state index in [0.29, 0.717) is 17.9 Å². The van der Waals surface area contributed by atoms with Gasteiger partial charge in [0.2, 0.25) is 0 Å². The number of nitrogens with zero attached hydrogens (tertiary/aromatic N) is 4. The van der Waals surface area contributed by atoms with E-state index < -0.39 is 6.23 Å². The summed E-state index contributed by atoms with van der Waals surface area (Å²) >= 11 is 6.62. The minimum absolute atomic E-state index is 0.0846. The number of carbonyl (C=O) groups is 1. The molecule has 0 bridgehead atoms. The van der Waals surface area contributed by atoms with Crippen molar-refractivity contribution in [2.24, 2.45) is 18.2 Å². The quantitative estimate of drug-likeness (QED) is 0.365. The maximum absolute atomic E-state index is 12.6. The Balaban J connectivity index is 1.05. The first kappa shape index (κ1) is 25.9. The van der Waals surface area contributed by atoms with Crippen LogP contribution in [0.5, 0.6) is 0 Å². The number of fused-ring (bicyclic) bond motifs is 1. The van der Waals surface area contributed by atoms with Gasteiger partial charge in [-0.1, -0.05) is 17.7 Å². The SMILES string of the molecule is C[C@@H]1OCC2(CCN(C3CNC4ON(c5cccc(NC(=O)c6ccn(C)n6)c5Cl)ONC4N3)CC2)[C@@H]1N. The Morgan fingerprint density at radius 1 is 1.29 bits per heavy atom. The molecule has 0 radical (unpaired) electrons. The third-order valence-corrected chi connectivity index (χ3v) is 8.51. The standard InChI is InChI=1S/C24H34ClN9O4/c1-14-20(26)24(13-36-14)7-10-33(11-8-24)18-12-27-23-21(29-18)31-38-34(37-23)17-5-3-4-15(19(17)25)28-22(35)16-6-9-32(2)30-16/h3-6,9,14,18,20-21,23,27,29,31H,7-8,10-13,26H2,1-2H3,(H,28,35)/t14-,18?,20+,21?,23?/m0/s1. The second kappa shape index (κ2) is 10.3. The average molecular weight is 548 g/mol. The normalized spacial score (nSPS) is 31.4. The molecule has 206 valence electrons. The van der Waals surface area contributed by atoms with E-state index in [0.717, 1.165) is 32.5 Å². The monoisotopic (exact) mass is 547 g/mol. The van der Waals surface area contributed by atoms with Crippen LogP contribution >= 0.6 is 11.6 Å². The molecule has 0 aliphatic carbocycles. The molecule has 4 aliphatic rings. The van der Waals surface area contributed by atoms with Crippen molar-refractivity contribution in [1.29, 1.82) is 0 Å². The fourth-order valence-corrected chi connectivity index (χ4v) is 5.94. The number of aromatic nitrogens is 2. The summed E-state index contributed by atoms with van der Waals surface area (Å²) in [7, 11) is 1.75. The van der Waals surface area contributed by atoms with E-state index >= 15 is 0 Å². The number of hydroxylamine groups is 1. The average Bonchev–Trinajstić information content (AvgIpc) is 3.49. The highest BCUT2D eigenvalue weighted by Gasteiger charge is 2.49. The number of hydrogen-bond donors (Lipinski definition) is 5. The number of piperidine rings is 1. The first-order valence-electron chi connectivity index (χ1n) is 12.9. The van der Waals surface area contributed by atoms with Crippen LogP contribution in [0.3, 0.4) is 0 Å². The summed E-state index contributed by atoms with van der Waals surface area (Å²) in [5.41, 5.74) is 10.7. The highest BCUT2D eigenvalue weighted by atomic mass is 35.5. The van der Waals surface area contributed by atoms with E-state index in [1.165, 1.54) is 5.23 Å². The first-order chi connectivity index (χ1) is 18.3. The van der Waals surface area contributed by atoms with Crippen LogP contribution in [0.25, 0.3) is 0 Å². The molecule has 1 spiro atoms. The van der Waals surface area contributed by atoms with E-state index in [2.05, 4.69) is 38.4 Å². The summed E-state index contributed by atoms with van der Waals surface area (Å²) in [6, 6.07) is 6.91. The molecule has 6 N–H and O–H groups in total. The van der Waals surface area contributed by atoms with E-state index in [9.17, 15) is 4.79 Å². The number of hydrogen-bond acceptors (Lipinski definition) is 11. The fourth-order valence-electron chi connectivity index (χ4n) is 5.70. The molecule has 0 saturated carbocycles. The van der Waals surface area contributed by atoms with Gasteiger partial charge in [0.25, 0.3) is 5.91 Å². The Labute approximate surface area is 225 Å². The Hall–Kier alpha value is -2.33. The molecule has 5 heterocycles. The van der Waals surface area contributed by atoms with Gasteiger partial charge in [-0.05, 0) is 38.0 Å². The zero-order valence-electron chi connectivity index (χ0n) is 21.4. The maximum Gasteiger partial charge on any atom is 0.276 e. The molecule has 1 aromatic heterocycles. The number of carbonyl (C=O) groups excluding carboxylic acids is 1. The number of nitrogens with one attached hydrogen (secondary N) is 4. The zero-order valence-corrected chi connectivity index (χ0v) is 22.1. The smallest absolute Gasteiger partial charge is 0.276 e. The molecule has 1 aromatic carbocycles. The molecule has 38 heavy (non-hydrogen) atoms. The third-order valence-electron chi connectivity index (χ3n) is 8.11. The summed E-state index contributed by atoms with van der Waals surface area (Å²) in [5.74, 6) is -0.368. The van der Waals surface area contributed by atoms with Crippen LogP contribution in [-0.2, 0) is 21.6 Å². The van der Waals surface area contributed by atoms with Crippen molar-refractivity contribution >= 4 is 28.9 Å². The topological polar surface area (TPSA) is 143 Å². The Morgan fingerprint density at radius 2 is 2.11 bits per heavy atom. The lowest BCUT2D eigenvalue weighted by molar-refractivity contribution is -0.250. The van der Waals surface area contributed by atoms with E-state index in [1.807, 2.05) is 0 Å². The second-order valence-electron chi connectivity index (χ2n) is 10.5. The van der Waals surface area contributed by atoms with Gasteiger partial charge < -0.3 is 15.8 Å². The lowest BCUT2D eigenvalue weighted by Gasteiger charge is -2.49. The molecular weight excluding hydrogens is 514 g/mol. The molecular formula is C24H34ClN9O4. The van der Waals surface area contributed by atoms with Crippen molar-refractivity contribution in [3.63, 3.8) is 0 Å². The summed E-state index contributed by atoms with van der Waals surface area (Å²) < 4.78 is 7.42. The lowest BCUT2D eigenvalue weighted by Crippen LogP contribution is -2.74. The largest absolute Gasteiger partial charge is 0.376 e. The van der Waals surface area contributed by atoms with Gasteiger partial charge in [0.1, 0.15) is 11.9 Å². The van der Waals surface area contributed by atoms with E-state index in [-0.39, 0.29) is 46.5 Å². The fraction of sp³-hybridized carbons (Fsp3) is 0.583. The first-order valence-corrected chi connectivity index (χ1v) is 13.3. The van der Waals surface area contributed by atoms with E-state index in [4.69, 9.17) is 31.8 Å². The zero-order chi connectivity index (χ0) is 26.4. The number of amides is 1. The number of likely N-dealkylation sites (tertiary alicyclic amines) is 1. The van der Waals surface area contributed by atoms with Crippen LogP contribution in [0.2, 0.25) is 5.02 Å². The molecule has 1 amide bonds. The van der Waals surface area contributed by atoms with Crippen LogP contribution in [0, 0.1) is 5.41 Å². The minimum atomic E-state index is -0.406. The molecule has 14 heteroatoms. The van der Waals surface area contributed by atoms with Gasteiger partial charge >= 0.3 is 0 Å².